The summed E-state index contributed by atoms with van der Waals surface area (Å²) in [7, 11) is 0. The molecule has 9 heteroatoms. The number of benzene rings is 1. The van der Waals surface area contributed by atoms with Crippen LogP contribution in [-0.2, 0) is 0 Å². The van der Waals surface area contributed by atoms with E-state index in [4.69, 9.17) is 0 Å². The molecule has 104 valence electrons. The number of carbonyl (C=O) groups excluding carboxylic acids is 1. The summed E-state index contributed by atoms with van der Waals surface area (Å²) in [5, 5.41) is 13.0. The van der Waals surface area contributed by atoms with E-state index in [1.54, 1.807) is 6.07 Å². The highest BCUT2D eigenvalue weighted by atomic mass is 79.9. The maximum absolute atomic E-state index is 13.2. The first-order valence-electron chi connectivity index (χ1n) is 5.08. The summed E-state index contributed by atoms with van der Waals surface area (Å²) in [6.07, 6.45) is 0. The lowest BCUT2D eigenvalue weighted by Crippen LogP contribution is -2.10. The molecular weight excluding hydrogens is 419 g/mol. The van der Waals surface area contributed by atoms with Crippen molar-refractivity contribution in [1.29, 1.82) is 0 Å². The van der Waals surface area contributed by atoms with Gasteiger partial charge in [-0.15, -0.1) is 11.3 Å². The lowest BCUT2D eigenvalue weighted by atomic mass is 10.2. The molecule has 0 atom stereocenters. The van der Waals surface area contributed by atoms with Crippen LogP contribution in [0.15, 0.2) is 32.5 Å². The minimum Gasteiger partial charge on any atom is -0.321 e. The Bertz CT molecular complexity index is 685. The number of nitrogens with zero attached hydrogens (tertiary/aromatic N) is 1. The van der Waals surface area contributed by atoms with Crippen molar-refractivity contribution in [3.63, 3.8) is 0 Å². The molecule has 5 nitrogen and oxygen atoms in total. The van der Waals surface area contributed by atoms with E-state index in [1.165, 1.54) is 11.3 Å². The van der Waals surface area contributed by atoms with E-state index >= 15 is 0 Å². The molecule has 0 spiro atoms. The first-order chi connectivity index (χ1) is 9.36. The maximum Gasteiger partial charge on any atom is 0.274 e. The molecule has 20 heavy (non-hydrogen) atoms. The Hall–Kier alpha value is -1.32. The van der Waals surface area contributed by atoms with Crippen molar-refractivity contribution in [2.45, 2.75) is 0 Å². The van der Waals surface area contributed by atoms with E-state index in [0.29, 0.717) is 4.88 Å². The van der Waals surface area contributed by atoms with Crippen molar-refractivity contribution in [2.24, 2.45) is 0 Å². The summed E-state index contributed by atoms with van der Waals surface area (Å²) >= 11 is 7.69. The van der Waals surface area contributed by atoms with Gasteiger partial charge in [0.05, 0.1) is 25.3 Å². The van der Waals surface area contributed by atoms with Gasteiger partial charge in [-0.1, -0.05) is 0 Å². The van der Waals surface area contributed by atoms with Gasteiger partial charge in [0.15, 0.2) is 0 Å². The smallest absolute Gasteiger partial charge is 0.274 e. The molecule has 1 amide bonds. The highest BCUT2D eigenvalue weighted by Gasteiger charge is 2.15. The number of anilines is 1. The lowest BCUT2D eigenvalue weighted by Gasteiger charge is -2.03. The Morgan fingerprint density at radius 1 is 1.30 bits per heavy atom. The fourth-order valence-corrected chi connectivity index (χ4v) is 3.33. The van der Waals surface area contributed by atoms with Gasteiger partial charge in [-0.05, 0) is 44.0 Å². The van der Waals surface area contributed by atoms with Crippen molar-refractivity contribution >= 4 is 60.5 Å². The van der Waals surface area contributed by atoms with Gasteiger partial charge >= 0.3 is 0 Å². The first kappa shape index (κ1) is 15.1. The molecule has 1 heterocycles. The van der Waals surface area contributed by atoms with Gasteiger partial charge in [-0.25, -0.2) is 4.39 Å². The van der Waals surface area contributed by atoms with Gasteiger partial charge in [0.2, 0.25) is 0 Å². The van der Waals surface area contributed by atoms with E-state index in [0.717, 1.165) is 26.5 Å². The average molecular weight is 424 g/mol. The lowest BCUT2D eigenvalue weighted by molar-refractivity contribution is -0.385. The van der Waals surface area contributed by atoms with E-state index in [1.807, 2.05) is 0 Å². The molecule has 0 bridgehead atoms. The molecule has 1 N–H and O–H groups in total. The molecule has 2 rings (SSSR count). The predicted octanol–water partition coefficient (Wildman–Crippen LogP) is 4.57. The predicted molar refractivity (Wildman–Crippen MR) is 80.7 cm³/mol. The molecule has 0 radical (unpaired) electrons. The van der Waals surface area contributed by atoms with Crippen molar-refractivity contribution in [3.05, 3.63) is 53.3 Å². The van der Waals surface area contributed by atoms with Crippen LogP contribution in [0.5, 0.6) is 0 Å². The molecule has 0 aliphatic carbocycles. The normalized spacial score (nSPS) is 10.3. The average Bonchev–Trinajstić information content (AvgIpc) is 2.69. The van der Waals surface area contributed by atoms with Crippen LogP contribution >= 0.6 is 43.2 Å². The highest BCUT2D eigenvalue weighted by molar-refractivity contribution is 9.13. The summed E-state index contributed by atoms with van der Waals surface area (Å²) in [4.78, 5) is 22.2. The number of non-ortho nitro benzene ring substituents is 1. The fourth-order valence-electron chi connectivity index (χ4n) is 1.40. The Morgan fingerprint density at radius 3 is 2.55 bits per heavy atom. The second-order valence-corrected chi connectivity index (χ2v) is 6.87. The zero-order valence-corrected chi connectivity index (χ0v) is 13.5. The van der Waals surface area contributed by atoms with Gasteiger partial charge in [0.25, 0.3) is 11.6 Å². The van der Waals surface area contributed by atoms with Gasteiger partial charge in [-0.3, -0.25) is 14.9 Å². The molecule has 0 unspecified atom stereocenters. The van der Waals surface area contributed by atoms with Crippen LogP contribution in [0.25, 0.3) is 0 Å². The third kappa shape index (κ3) is 3.41. The summed E-state index contributed by atoms with van der Waals surface area (Å²) in [6, 6.07) is 4.49. The largest absolute Gasteiger partial charge is 0.321 e. The third-order valence-corrected chi connectivity index (χ3v) is 5.48. The van der Waals surface area contributed by atoms with Crippen LogP contribution in [0.4, 0.5) is 15.8 Å². The number of nitro benzene ring substituents is 1. The SMILES string of the molecule is O=C(Nc1cc(F)cc([N+](=O)[O-])c1)c1cc(Br)c(Br)s1. The molecule has 1 aromatic heterocycles. The van der Waals surface area contributed by atoms with Gasteiger partial charge in [0, 0.05) is 10.5 Å². The summed E-state index contributed by atoms with van der Waals surface area (Å²) in [6.45, 7) is 0. The van der Waals surface area contributed by atoms with E-state index in [9.17, 15) is 19.3 Å². The Morgan fingerprint density at radius 2 is 2.00 bits per heavy atom. The summed E-state index contributed by atoms with van der Waals surface area (Å²) < 4.78 is 14.7. The number of hydrogen-bond acceptors (Lipinski definition) is 4. The number of thiophene rings is 1. The van der Waals surface area contributed by atoms with Crippen LogP contribution < -0.4 is 5.32 Å². The second-order valence-electron chi connectivity index (χ2n) is 3.64. The quantitative estimate of drug-likeness (QED) is 0.580. The maximum atomic E-state index is 13.2. The van der Waals surface area contributed by atoms with Gasteiger partial charge in [-0.2, -0.15) is 0 Å². The van der Waals surface area contributed by atoms with Crippen LogP contribution in [0.1, 0.15) is 9.67 Å². The van der Waals surface area contributed by atoms with E-state index in [-0.39, 0.29) is 5.69 Å². The van der Waals surface area contributed by atoms with Crippen LogP contribution in [-0.4, -0.2) is 10.8 Å². The number of carbonyl (C=O) groups is 1. The van der Waals surface area contributed by atoms with Crippen LogP contribution in [0.2, 0.25) is 0 Å². The second kappa shape index (κ2) is 5.98. The monoisotopic (exact) mass is 422 g/mol. The zero-order valence-electron chi connectivity index (χ0n) is 9.52. The summed E-state index contributed by atoms with van der Waals surface area (Å²) in [5.41, 5.74) is -0.392. The number of hydrogen-bond donors (Lipinski definition) is 1. The number of amides is 1. The molecule has 0 aliphatic rings. The van der Waals surface area contributed by atoms with Crippen molar-refractivity contribution in [2.75, 3.05) is 5.32 Å². The topological polar surface area (TPSA) is 72.2 Å². The first-order valence-corrected chi connectivity index (χ1v) is 7.48. The van der Waals surface area contributed by atoms with E-state index in [2.05, 4.69) is 37.2 Å². The van der Waals surface area contributed by atoms with Crippen molar-refractivity contribution in [1.82, 2.24) is 0 Å². The molecule has 0 fully saturated rings. The highest BCUT2D eigenvalue weighted by Crippen LogP contribution is 2.33. The molecule has 0 aliphatic heterocycles. The molecule has 0 saturated carbocycles. The van der Waals surface area contributed by atoms with Gasteiger partial charge in [0.1, 0.15) is 5.82 Å². The Kier molecular flexibility index (Phi) is 4.51. The Labute approximate surface area is 133 Å². The van der Waals surface area contributed by atoms with Crippen LogP contribution in [0, 0.1) is 15.9 Å². The number of rotatable bonds is 3. The molecular formula is C11H5Br2FN2O3S. The van der Waals surface area contributed by atoms with Gasteiger partial charge < -0.3 is 5.32 Å². The van der Waals surface area contributed by atoms with E-state index < -0.39 is 22.3 Å². The van der Waals surface area contributed by atoms with Crippen LogP contribution in [0.3, 0.4) is 0 Å². The Balaban J connectivity index is 2.25. The minimum atomic E-state index is -0.789. The number of nitrogens with one attached hydrogen (secondary N) is 1. The van der Waals surface area contributed by atoms with Crippen molar-refractivity contribution < 1.29 is 14.1 Å². The fraction of sp³-hybridized carbons (Fsp3) is 0. The minimum absolute atomic E-state index is 0.0299. The van der Waals surface area contributed by atoms with Crippen molar-refractivity contribution in [3.8, 4) is 0 Å². The standard InChI is InChI=1S/C11H5Br2FN2O3S/c12-8-4-9(20-10(8)13)11(17)15-6-1-5(14)2-7(3-6)16(18)19/h1-4H,(H,15,17). The molecule has 1 aromatic carbocycles. The molecule has 2 aromatic rings. The molecule has 0 saturated heterocycles. The summed E-state index contributed by atoms with van der Waals surface area (Å²) in [5.74, 6) is -1.26. The third-order valence-electron chi connectivity index (χ3n) is 2.22. The zero-order chi connectivity index (χ0) is 14.9. The number of halogens is 3. The number of nitro groups is 1.